The minimum Gasteiger partial charge on any atom is -0.476 e. The van der Waals surface area contributed by atoms with Crippen molar-refractivity contribution in [1.29, 1.82) is 0 Å². The second kappa shape index (κ2) is 10.4. The second-order valence-corrected chi connectivity index (χ2v) is 5.19. The number of nitrogens with zero attached hydrogens (tertiary/aromatic N) is 1. The molecule has 0 aromatic carbocycles. The molecule has 0 unspecified atom stereocenters. The predicted octanol–water partition coefficient (Wildman–Crippen LogP) is 4.15. The van der Waals surface area contributed by atoms with Crippen LogP contribution in [0.2, 0.25) is 0 Å². The first-order chi connectivity index (χ1) is 9.75. The number of carboxylic acids is 1. The average Bonchev–Trinajstić information content (AvgIpc) is 2.89. The minimum absolute atomic E-state index is 0.181. The van der Waals surface area contributed by atoms with Gasteiger partial charge in [-0.2, -0.15) is 4.73 Å². The highest BCUT2D eigenvalue weighted by atomic mass is 16.7. The monoisotopic (exact) mass is 281 g/mol. The molecule has 4 heteroatoms. The van der Waals surface area contributed by atoms with E-state index in [2.05, 4.69) is 6.92 Å². The SMILES string of the molecule is CCCCCCCCCCCOn1cccc1C(=O)O. The Balaban J connectivity index is 1.97. The lowest BCUT2D eigenvalue weighted by atomic mass is 10.1. The van der Waals surface area contributed by atoms with Crippen molar-refractivity contribution in [3.63, 3.8) is 0 Å². The van der Waals surface area contributed by atoms with Crippen molar-refractivity contribution in [2.75, 3.05) is 6.61 Å². The van der Waals surface area contributed by atoms with Crippen molar-refractivity contribution < 1.29 is 14.7 Å². The molecule has 1 rings (SSSR count). The Labute approximate surface area is 121 Å². The van der Waals surface area contributed by atoms with Gasteiger partial charge in [-0.05, 0) is 25.0 Å². The molecule has 0 aliphatic heterocycles. The fraction of sp³-hybridized carbons (Fsp3) is 0.688. The first-order valence-corrected chi connectivity index (χ1v) is 7.79. The lowest BCUT2D eigenvalue weighted by Gasteiger charge is -2.08. The van der Waals surface area contributed by atoms with E-state index >= 15 is 0 Å². The Morgan fingerprint density at radius 3 is 2.30 bits per heavy atom. The van der Waals surface area contributed by atoms with Gasteiger partial charge in [-0.25, -0.2) is 4.79 Å². The number of hydrogen-bond donors (Lipinski definition) is 1. The topological polar surface area (TPSA) is 51.5 Å². The summed E-state index contributed by atoms with van der Waals surface area (Å²) in [4.78, 5) is 16.3. The van der Waals surface area contributed by atoms with Gasteiger partial charge in [0.25, 0.3) is 0 Å². The Bertz CT molecular complexity index is 374. The molecule has 114 valence electrons. The maximum absolute atomic E-state index is 10.9. The van der Waals surface area contributed by atoms with Crippen LogP contribution in [0.15, 0.2) is 18.3 Å². The van der Waals surface area contributed by atoms with E-state index in [-0.39, 0.29) is 5.69 Å². The number of aromatic carboxylic acids is 1. The summed E-state index contributed by atoms with van der Waals surface area (Å²) in [5.41, 5.74) is 0.181. The zero-order valence-electron chi connectivity index (χ0n) is 12.5. The first-order valence-electron chi connectivity index (χ1n) is 7.79. The van der Waals surface area contributed by atoms with E-state index in [1.807, 2.05) is 0 Å². The van der Waals surface area contributed by atoms with E-state index in [0.717, 1.165) is 12.8 Å². The number of rotatable bonds is 12. The molecule has 1 heterocycles. The van der Waals surface area contributed by atoms with Gasteiger partial charge in [-0.1, -0.05) is 51.9 Å². The van der Waals surface area contributed by atoms with E-state index < -0.39 is 5.97 Å². The van der Waals surface area contributed by atoms with Crippen LogP contribution in [0.3, 0.4) is 0 Å². The van der Waals surface area contributed by atoms with Crippen molar-refractivity contribution in [2.45, 2.75) is 64.7 Å². The van der Waals surface area contributed by atoms with Crippen LogP contribution in [0, 0.1) is 0 Å². The van der Waals surface area contributed by atoms with Crippen molar-refractivity contribution in [2.24, 2.45) is 0 Å². The highest BCUT2D eigenvalue weighted by molar-refractivity contribution is 5.85. The van der Waals surface area contributed by atoms with Gasteiger partial charge in [0.05, 0.1) is 0 Å². The normalized spacial score (nSPS) is 10.7. The quantitative estimate of drug-likeness (QED) is 0.586. The molecule has 1 aromatic rings. The van der Waals surface area contributed by atoms with Crippen LogP contribution in [-0.4, -0.2) is 22.4 Å². The van der Waals surface area contributed by atoms with Gasteiger partial charge in [0.1, 0.15) is 6.61 Å². The number of carbonyl (C=O) groups is 1. The summed E-state index contributed by atoms with van der Waals surface area (Å²) < 4.78 is 1.34. The molecule has 0 radical (unpaired) electrons. The molecule has 0 fully saturated rings. The maximum atomic E-state index is 10.9. The van der Waals surface area contributed by atoms with Crippen molar-refractivity contribution >= 4 is 5.97 Å². The van der Waals surface area contributed by atoms with Crippen LogP contribution in [-0.2, 0) is 0 Å². The van der Waals surface area contributed by atoms with E-state index in [1.165, 1.54) is 49.7 Å². The number of unbranched alkanes of at least 4 members (excludes halogenated alkanes) is 8. The first kappa shape index (κ1) is 16.6. The zero-order valence-corrected chi connectivity index (χ0v) is 12.5. The van der Waals surface area contributed by atoms with Gasteiger partial charge in [0.15, 0.2) is 5.69 Å². The highest BCUT2D eigenvalue weighted by Crippen LogP contribution is 2.09. The smallest absolute Gasteiger partial charge is 0.355 e. The lowest BCUT2D eigenvalue weighted by molar-refractivity contribution is 0.0589. The van der Waals surface area contributed by atoms with E-state index in [0.29, 0.717) is 6.61 Å². The molecule has 0 saturated heterocycles. The third kappa shape index (κ3) is 6.64. The number of aromatic nitrogens is 1. The van der Waals surface area contributed by atoms with Gasteiger partial charge >= 0.3 is 5.97 Å². The molecule has 0 saturated carbocycles. The summed E-state index contributed by atoms with van der Waals surface area (Å²) in [6.45, 7) is 2.81. The van der Waals surface area contributed by atoms with Gasteiger partial charge in [-0.3, -0.25) is 0 Å². The van der Waals surface area contributed by atoms with Crippen LogP contribution in [0.5, 0.6) is 0 Å². The molecule has 4 nitrogen and oxygen atoms in total. The van der Waals surface area contributed by atoms with Crippen LogP contribution in [0.4, 0.5) is 0 Å². The molecule has 0 aliphatic rings. The Kier molecular flexibility index (Phi) is 8.59. The summed E-state index contributed by atoms with van der Waals surface area (Å²) in [5.74, 6) is -0.956. The van der Waals surface area contributed by atoms with Crippen LogP contribution in [0.25, 0.3) is 0 Å². The molecular formula is C16H27NO3. The van der Waals surface area contributed by atoms with Crippen LogP contribution in [0.1, 0.15) is 75.2 Å². The van der Waals surface area contributed by atoms with Gasteiger partial charge < -0.3 is 9.94 Å². The van der Waals surface area contributed by atoms with Crippen molar-refractivity contribution in [1.82, 2.24) is 4.73 Å². The molecule has 1 N–H and O–H groups in total. The van der Waals surface area contributed by atoms with Gasteiger partial charge in [0.2, 0.25) is 0 Å². The standard InChI is InChI=1S/C16H27NO3/c1-2-3-4-5-6-7-8-9-10-14-20-17-13-11-12-15(17)16(18)19/h11-13H,2-10,14H2,1H3,(H,18,19). The van der Waals surface area contributed by atoms with Crippen molar-refractivity contribution in [3.05, 3.63) is 24.0 Å². The Morgan fingerprint density at radius 1 is 1.10 bits per heavy atom. The number of carboxylic acid groups (broad SMARTS) is 1. The van der Waals surface area contributed by atoms with Crippen LogP contribution >= 0.6 is 0 Å². The average molecular weight is 281 g/mol. The zero-order chi connectivity index (χ0) is 14.6. The Morgan fingerprint density at radius 2 is 1.70 bits per heavy atom. The van der Waals surface area contributed by atoms with Gasteiger partial charge in [-0.15, -0.1) is 0 Å². The fourth-order valence-corrected chi connectivity index (χ4v) is 2.22. The molecule has 20 heavy (non-hydrogen) atoms. The highest BCUT2D eigenvalue weighted by Gasteiger charge is 2.08. The Hall–Kier alpha value is -1.45. The third-order valence-corrected chi connectivity index (χ3v) is 3.41. The summed E-state index contributed by atoms with van der Waals surface area (Å²) in [5, 5.41) is 8.92. The van der Waals surface area contributed by atoms with E-state index in [1.54, 1.807) is 18.3 Å². The predicted molar refractivity (Wildman–Crippen MR) is 80.1 cm³/mol. The molecule has 1 aromatic heterocycles. The van der Waals surface area contributed by atoms with E-state index in [4.69, 9.17) is 9.94 Å². The summed E-state index contributed by atoms with van der Waals surface area (Å²) >= 11 is 0. The van der Waals surface area contributed by atoms with Gasteiger partial charge in [0, 0.05) is 6.20 Å². The molecule has 0 amide bonds. The minimum atomic E-state index is -0.956. The third-order valence-electron chi connectivity index (χ3n) is 3.41. The lowest BCUT2D eigenvalue weighted by Crippen LogP contribution is -2.17. The summed E-state index contributed by atoms with van der Waals surface area (Å²) in [7, 11) is 0. The number of hydrogen-bond acceptors (Lipinski definition) is 2. The summed E-state index contributed by atoms with van der Waals surface area (Å²) in [6.07, 6.45) is 13.0. The molecule has 0 atom stereocenters. The van der Waals surface area contributed by atoms with Crippen molar-refractivity contribution in [3.8, 4) is 0 Å². The fourth-order valence-electron chi connectivity index (χ4n) is 2.22. The molecule has 0 aliphatic carbocycles. The molecule has 0 bridgehead atoms. The van der Waals surface area contributed by atoms with E-state index in [9.17, 15) is 4.79 Å². The molecular weight excluding hydrogens is 254 g/mol. The van der Waals surface area contributed by atoms with Crippen LogP contribution < -0.4 is 4.84 Å². The second-order valence-electron chi connectivity index (χ2n) is 5.19. The summed E-state index contributed by atoms with van der Waals surface area (Å²) in [6, 6.07) is 3.22. The maximum Gasteiger partial charge on any atom is 0.355 e. The largest absolute Gasteiger partial charge is 0.476 e. The molecule has 0 spiro atoms.